The normalized spacial score (nSPS) is 18.2. The first-order chi connectivity index (χ1) is 9.95. The first kappa shape index (κ1) is 14.7. The van der Waals surface area contributed by atoms with Crippen molar-refractivity contribution in [2.45, 2.75) is 32.4 Å². The van der Waals surface area contributed by atoms with Crippen LogP contribution in [0.5, 0.6) is 5.75 Å². The van der Waals surface area contributed by atoms with Crippen molar-refractivity contribution in [3.8, 4) is 16.9 Å². The van der Waals surface area contributed by atoms with E-state index < -0.39 is 0 Å². The smallest absolute Gasteiger partial charge is 0.131 e. The molecule has 1 aliphatic rings. The molecular formula is C17H17Cl2NO. The molecule has 0 aromatic heterocycles. The zero-order valence-corrected chi connectivity index (χ0v) is 13.5. The second-order valence-corrected chi connectivity index (χ2v) is 6.49. The summed E-state index contributed by atoms with van der Waals surface area (Å²) in [6, 6.07) is 9.70. The number of benzene rings is 2. The highest BCUT2D eigenvalue weighted by Gasteiger charge is 2.29. The van der Waals surface area contributed by atoms with Crippen molar-refractivity contribution < 1.29 is 4.74 Å². The molecule has 2 aromatic carbocycles. The van der Waals surface area contributed by atoms with Gasteiger partial charge in [0.25, 0.3) is 0 Å². The maximum atomic E-state index is 6.34. The Bertz CT molecular complexity index is 697. The van der Waals surface area contributed by atoms with Gasteiger partial charge < -0.3 is 10.5 Å². The Labute approximate surface area is 134 Å². The second-order valence-electron chi connectivity index (χ2n) is 5.64. The zero-order valence-electron chi connectivity index (χ0n) is 12.0. The van der Waals surface area contributed by atoms with Crippen LogP contribution in [-0.2, 0) is 6.42 Å². The quantitative estimate of drug-likeness (QED) is 0.875. The minimum absolute atomic E-state index is 0.0125. The summed E-state index contributed by atoms with van der Waals surface area (Å²) in [4.78, 5) is 0. The van der Waals surface area contributed by atoms with E-state index in [9.17, 15) is 0 Å². The number of ether oxygens (including phenoxy) is 1. The van der Waals surface area contributed by atoms with Crippen LogP contribution < -0.4 is 10.5 Å². The molecule has 2 unspecified atom stereocenters. The largest absolute Gasteiger partial charge is 0.488 e. The molecule has 0 aliphatic carbocycles. The Morgan fingerprint density at radius 3 is 2.67 bits per heavy atom. The fourth-order valence-corrected chi connectivity index (χ4v) is 3.14. The van der Waals surface area contributed by atoms with Gasteiger partial charge >= 0.3 is 0 Å². The van der Waals surface area contributed by atoms with Crippen molar-refractivity contribution in [2.24, 2.45) is 5.73 Å². The van der Waals surface area contributed by atoms with Crippen LogP contribution in [0.2, 0.25) is 10.0 Å². The van der Waals surface area contributed by atoms with Crippen molar-refractivity contribution in [1.82, 2.24) is 0 Å². The zero-order chi connectivity index (χ0) is 15.1. The summed E-state index contributed by atoms with van der Waals surface area (Å²) < 4.78 is 6.08. The fraction of sp³-hybridized carbons (Fsp3) is 0.294. The maximum Gasteiger partial charge on any atom is 0.131 e. The molecule has 0 spiro atoms. The summed E-state index contributed by atoms with van der Waals surface area (Å²) >= 11 is 12.5. The van der Waals surface area contributed by atoms with E-state index in [4.69, 9.17) is 33.7 Å². The predicted octanol–water partition coefficient (Wildman–Crippen LogP) is 4.62. The van der Waals surface area contributed by atoms with Gasteiger partial charge in [-0.25, -0.2) is 0 Å². The number of nitrogens with two attached hydrogens (primary N) is 1. The number of rotatable bonds is 2. The van der Waals surface area contributed by atoms with Gasteiger partial charge in [0.05, 0.1) is 0 Å². The summed E-state index contributed by atoms with van der Waals surface area (Å²) in [6.07, 6.45) is 0.846. The predicted molar refractivity (Wildman–Crippen MR) is 88.4 cm³/mol. The van der Waals surface area contributed by atoms with Crippen molar-refractivity contribution in [1.29, 1.82) is 0 Å². The van der Waals surface area contributed by atoms with E-state index >= 15 is 0 Å². The molecule has 0 saturated heterocycles. The SMILES string of the molecule is Cc1cc2c(c(-c3cc(Cl)ccc3Cl)c1)OC(C(C)N)C2. The Hall–Kier alpha value is -1.22. The molecule has 1 heterocycles. The number of fused-ring (bicyclic) bond motifs is 1. The Morgan fingerprint density at radius 2 is 1.95 bits per heavy atom. The highest BCUT2D eigenvalue weighted by atomic mass is 35.5. The Kier molecular flexibility index (Phi) is 3.87. The molecule has 2 atom stereocenters. The van der Waals surface area contributed by atoms with Gasteiger partial charge in [0.2, 0.25) is 0 Å². The molecule has 2 aromatic rings. The lowest BCUT2D eigenvalue weighted by Crippen LogP contribution is -2.34. The average Bonchev–Trinajstić information content (AvgIpc) is 2.84. The van der Waals surface area contributed by atoms with Crippen molar-refractivity contribution in [3.63, 3.8) is 0 Å². The minimum atomic E-state index is -0.0135. The fourth-order valence-electron chi connectivity index (χ4n) is 2.75. The third-order valence-electron chi connectivity index (χ3n) is 3.81. The lowest BCUT2D eigenvalue weighted by atomic mass is 9.97. The molecule has 110 valence electrons. The summed E-state index contributed by atoms with van der Waals surface area (Å²) in [5.41, 5.74) is 10.2. The molecule has 0 amide bonds. The van der Waals surface area contributed by atoms with Gasteiger partial charge in [-0.2, -0.15) is 0 Å². The van der Waals surface area contributed by atoms with Gasteiger partial charge in [-0.05, 0) is 49.2 Å². The van der Waals surface area contributed by atoms with Gasteiger partial charge in [0.1, 0.15) is 11.9 Å². The highest BCUT2D eigenvalue weighted by molar-refractivity contribution is 6.35. The molecule has 21 heavy (non-hydrogen) atoms. The van der Waals surface area contributed by atoms with Crippen LogP contribution in [0.3, 0.4) is 0 Å². The first-order valence-electron chi connectivity index (χ1n) is 6.97. The first-order valence-corrected chi connectivity index (χ1v) is 7.72. The number of hydrogen-bond acceptors (Lipinski definition) is 2. The van der Waals surface area contributed by atoms with Gasteiger partial charge in [-0.1, -0.05) is 29.3 Å². The maximum absolute atomic E-state index is 6.34. The summed E-state index contributed by atoms with van der Waals surface area (Å²) in [7, 11) is 0. The van der Waals surface area contributed by atoms with Crippen molar-refractivity contribution >= 4 is 23.2 Å². The molecule has 4 heteroatoms. The average molecular weight is 322 g/mol. The standard InChI is InChI=1S/C17H17Cl2NO/c1-9-5-11-7-16(10(2)20)21-17(11)14(6-9)13-8-12(18)3-4-15(13)19/h3-6,8,10,16H,7,20H2,1-2H3. The van der Waals surface area contributed by atoms with Crippen LogP contribution >= 0.6 is 23.2 Å². The minimum Gasteiger partial charge on any atom is -0.488 e. The lowest BCUT2D eigenvalue weighted by molar-refractivity contribution is 0.207. The van der Waals surface area contributed by atoms with Crippen LogP contribution in [0.15, 0.2) is 30.3 Å². The third-order valence-corrected chi connectivity index (χ3v) is 4.37. The van der Waals surface area contributed by atoms with Gasteiger partial charge in [0.15, 0.2) is 0 Å². The second kappa shape index (κ2) is 5.53. The molecule has 0 radical (unpaired) electrons. The molecule has 0 saturated carbocycles. The van der Waals surface area contributed by atoms with E-state index in [-0.39, 0.29) is 12.1 Å². The van der Waals surface area contributed by atoms with E-state index in [1.807, 2.05) is 19.1 Å². The van der Waals surface area contributed by atoms with Crippen LogP contribution in [0.25, 0.3) is 11.1 Å². The van der Waals surface area contributed by atoms with Crippen LogP contribution in [0, 0.1) is 6.92 Å². The molecule has 1 aliphatic heterocycles. The number of hydrogen-bond donors (Lipinski definition) is 1. The monoisotopic (exact) mass is 321 g/mol. The van der Waals surface area contributed by atoms with Crippen LogP contribution in [-0.4, -0.2) is 12.1 Å². The molecule has 2 N–H and O–H groups in total. The molecule has 0 bridgehead atoms. The van der Waals surface area contributed by atoms with E-state index in [1.54, 1.807) is 6.07 Å². The van der Waals surface area contributed by atoms with Crippen molar-refractivity contribution in [3.05, 3.63) is 51.5 Å². The lowest BCUT2D eigenvalue weighted by Gasteiger charge is -2.16. The van der Waals surface area contributed by atoms with Gasteiger partial charge in [-0.15, -0.1) is 0 Å². The molecule has 2 nitrogen and oxygen atoms in total. The summed E-state index contributed by atoms with van der Waals surface area (Å²) in [5, 5.41) is 1.33. The molecule has 0 fully saturated rings. The summed E-state index contributed by atoms with van der Waals surface area (Å²) in [5.74, 6) is 0.882. The number of halogens is 2. The molecule has 3 rings (SSSR count). The van der Waals surface area contributed by atoms with Crippen LogP contribution in [0.1, 0.15) is 18.1 Å². The van der Waals surface area contributed by atoms with E-state index in [1.165, 1.54) is 11.1 Å². The highest BCUT2D eigenvalue weighted by Crippen LogP contribution is 2.43. The van der Waals surface area contributed by atoms with E-state index in [0.29, 0.717) is 10.0 Å². The third kappa shape index (κ3) is 2.76. The van der Waals surface area contributed by atoms with E-state index in [2.05, 4.69) is 19.1 Å². The van der Waals surface area contributed by atoms with Crippen molar-refractivity contribution in [2.75, 3.05) is 0 Å². The van der Waals surface area contributed by atoms with Crippen LogP contribution in [0.4, 0.5) is 0 Å². The summed E-state index contributed by atoms with van der Waals surface area (Å²) in [6.45, 7) is 4.04. The molecular weight excluding hydrogens is 305 g/mol. The van der Waals surface area contributed by atoms with Gasteiger partial charge in [0, 0.05) is 33.6 Å². The Balaban J connectivity index is 2.15. The van der Waals surface area contributed by atoms with E-state index in [0.717, 1.165) is 23.3 Å². The topological polar surface area (TPSA) is 35.2 Å². The number of aryl methyl sites for hydroxylation is 1. The Morgan fingerprint density at radius 1 is 1.19 bits per heavy atom. The van der Waals surface area contributed by atoms with Gasteiger partial charge in [-0.3, -0.25) is 0 Å².